The van der Waals surface area contributed by atoms with Crippen molar-refractivity contribution in [3.05, 3.63) is 23.7 Å². The van der Waals surface area contributed by atoms with E-state index in [4.69, 9.17) is 9.52 Å². The van der Waals surface area contributed by atoms with Gasteiger partial charge in [-0.25, -0.2) is 4.79 Å². The number of aryl methyl sites for hydroxylation is 1. The molecule has 1 saturated carbocycles. The summed E-state index contributed by atoms with van der Waals surface area (Å²) in [6.07, 6.45) is 3.98. The number of carboxylic acids is 1. The van der Waals surface area contributed by atoms with Crippen LogP contribution in [0.25, 0.3) is 0 Å². The van der Waals surface area contributed by atoms with Crippen LogP contribution in [0.3, 0.4) is 0 Å². The number of hydrogen-bond acceptors (Lipinski definition) is 3. The van der Waals surface area contributed by atoms with E-state index in [1.165, 1.54) is 0 Å². The average molecular weight is 280 g/mol. The molecule has 110 valence electrons. The molecule has 1 aliphatic rings. The van der Waals surface area contributed by atoms with E-state index in [0.29, 0.717) is 6.54 Å². The molecule has 2 amide bonds. The third-order valence-electron chi connectivity index (χ3n) is 3.89. The number of urea groups is 1. The van der Waals surface area contributed by atoms with Gasteiger partial charge in [0.05, 0.1) is 24.8 Å². The van der Waals surface area contributed by atoms with Gasteiger partial charge in [0.25, 0.3) is 0 Å². The molecule has 1 aromatic heterocycles. The number of carboxylic acid groups (broad SMARTS) is 1. The van der Waals surface area contributed by atoms with E-state index in [-0.39, 0.29) is 12.5 Å². The van der Waals surface area contributed by atoms with Crippen molar-refractivity contribution < 1.29 is 19.1 Å². The normalized spacial score (nSPS) is 16.3. The molecule has 0 atom stereocenters. The Balaban J connectivity index is 1.93. The number of hydrogen-bond donors (Lipinski definition) is 2. The molecule has 20 heavy (non-hydrogen) atoms. The fourth-order valence-electron chi connectivity index (χ4n) is 2.46. The van der Waals surface area contributed by atoms with E-state index in [1.807, 2.05) is 13.0 Å². The second-order valence-electron chi connectivity index (χ2n) is 5.49. The number of nitrogens with zero attached hydrogens (tertiary/aromatic N) is 1. The van der Waals surface area contributed by atoms with Crippen LogP contribution in [-0.4, -0.2) is 34.6 Å². The monoisotopic (exact) mass is 280 g/mol. The Hall–Kier alpha value is -1.98. The Morgan fingerprint density at radius 3 is 2.65 bits per heavy atom. The van der Waals surface area contributed by atoms with Crippen molar-refractivity contribution in [2.75, 3.05) is 7.05 Å². The lowest BCUT2D eigenvalue weighted by Crippen LogP contribution is -2.57. The van der Waals surface area contributed by atoms with Gasteiger partial charge in [-0.2, -0.15) is 0 Å². The summed E-state index contributed by atoms with van der Waals surface area (Å²) in [5.41, 5.74) is 0.381. The van der Waals surface area contributed by atoms with Gasteiger partial charge in [-0.05, 0) is 32.3 Å². The van der Waals surface area contributed by atoms with Gasteiger partial charge in [0.1, 0.15) is 5.76 Å². The summed E-state index contributed by atoms with van der Waals surface area (Å²) in [6.45, 7) is 2.29. The third kappa shape index (κ3) is 3.12. The SMILES string of the molecule is Cc1occc1CN(C)C(=O)NC1(CC(=O)O)CCC1. The predicted molar refractivity (Wildman–Crippen MR) is 72.3 cm³/mol. The molecule has 0 radical (unpaired) electrons. The number of furan rings is 1. The lowest BCUT2D eigenvalue weighted by Gasteiger charge is -2.42. The van der Waals surface area contributed by atoms with Crippen molar-refractivity contribution >= 4 is 12.0 Å². The molecule has 1 fully saturated rings. The minimum Gasteiger partial charge on any atom is -0.481 e. The molecule has 0 saturated heterocycles. The van der Waals surface area contributed by atoms with Gasteiger partial charge in [-0.15, -0.1) is 0 Å². The lowest BCUT2D eigenvalue weighted by atomic mass is 9.74. The molecule has 6 nitrogen and oxygen atoms in total. The van der Waals surface area contributed by atoms with Gasteiger partial charge in [0, 0.05) is 12.6 Å². The molecule has 1 aliphatic carbocycles. The minimum absolute atomic E-state index is 0.0165. The van der Waals surface area contributed by atoms with Crippen LogP contribution < -0.4 is 5.32 Å². The first kappa shape index (κ1) is 14.4. The van der Waals surface area contributed by atoms with Crippen molar-refractivity contribution in [2.45, 2.75) is 44.7 Å². The standard InChI is InChI=1S/C14H20N2O4/c1-10-11(4-7-20-10)9-16(2)13(19)15-14(5-3-6-14)8-12(17)18/h4,7H,3,5-6,8-9H2,1-2H3,(H,15,19)(H,17,18). The molecule has 1 aromatic rings. The van der Waals surface area contributed by atoms with Gasteiger partial charge in [-0.1, -0.05) is 0 Å². The molecule has 2 N–H and O–H groups in total. The van der Waals surface area contributed by atoms with Crippen LogP contribution in [0.1, 0.15) is 37.0 Å². The molecular weight excluding hydrogens is 260 g/mol. The van der Waals surface area contributed by atoms with Crippen LogP contribution in [0.4, 0.5) is 4.79 Å². The number of amides is 2. The van der Waals surface area contributed by atoms with Crippen molar-refractivity contribution in [1.82, 2.24) is 10.2 Å². The summed E-state index contributed by atoms with van der Waals surface area (Å²) in [5.74, 6) is -0.0909. The Kier molecular flexibility index (Phi) is 4.01. The van der Waals surface area contributed by atoms with E-state index >= 15 is 0 Å². The summed E-state index contributed by atoms with van der Waals surface area (Å²) in [6, 6.07) is 1.58. The number of carbonyl (C=O) groups excluding carboxylic acids is 1. The van der Waals surface area contributed by atoms with Gasteiger partial charge < -0.3 is 19.7 Å². The number of carbonyl (C=O) groups is 2. The molecular formula is C14H20N2O4. The first-order valence-electron chi connectivity index (χ1n) is 6.70. The predicted octanol–water partition coefficient (Wildman–Crippen LogP) is 2.13. The van der Waals surface area contributed by atoms with E-state index in [9.17, 15) is 9.59 Å². The number of aliphatic carboxylic acids is 1. The zero-order chi connectivity index (χ0) is 14.8. The highest BCUT2D eigenvalue weighted by Crippen LogP contribution is 2.35. The van der Waals surface area contributed by atoms with Gasteiger partial charge >= 0.3 is 12.0 Å². The first-order valence-corrected chi connectivity index (χ1v) is 6.70. The van der Waals surface area contributed by atoms with Crippen molar-refractivity contribution in [3.63, 3.8) is 0 Å². The average Bonchev–Trinajstić information content (AvgIpc) is 2.71. The first-order chi connectivity index (χ1) is 9.42. The topological polar surface area (TPSA) is 82.8 Å². The van der Waals surface area contributed by atoms with Gasteiger partial charge in [0.2, 0.25) is 0 Å². The smallest absolute Gasteiger partial charge is 0.317 e. The highest BCUT2D eigenvalue weighted by atomic mass is 16.4. The van der Waals surface area contributed by atoms with Crippen LogP contribution >= 0.6 is 0 Å². The maximum Gasteiger partial charge on any atom is 0.317 e. The molecule has 1 heterocycles. The maximum absolute atomic E-state index is 12.2. The molecule has 2 rings (SSSR count). The molecule has 0 unspecified atom stereocenters. The minimum atomic E-state index is -0.877. The molecule has 0 aliphatic heterocycles. The highest BCUT2D eigenvalue weighted by Gasteiger charge is 2.40. The Bertz CT molecular complexity index is 505. The number of nitrogens with one attached hydrogen (secondary N) is 1. The summed E-state index contributed by atoms with van der Waals surface area (Å²) >= 11 is 0. The van der Waals surface area contributed by atoms with Gasteiger partial charge in [0.15, 0.2) is 0 Å². The second kappa shape index (κ2) is 5.56. The fourth-order valence-corrected chi connectivity index (χ4v) is 2.46. The number of rotatable bonds is 5. The Morgan fingerprint density at radius 2 is 2.20 bits per heavy atom. The van der Waals surface area contributed by atoms with Crippen LogP contribution in [0.2, 0.25) is 0 Å². The highest BCUT2D eigenvalue weighted by molar-refractivity contribution is 5.77. The second-order valence-corrected chi connectivity index (χ2v) is 5.49. The van der Waals surface area contributed by atoms with Crippen molar-refractivity contribution in [3.8, 4) is 0 Å². The molecule has 0 aromatic carbocycles. The van der Waals surface area contributed by atoms with Gasteiger partial charge in [-0.3, -0.25) is 4.79 Å². The third-order valence-corrected chi connectivity index (χ3v) is 3.89. The van der Waals surface area contributed by atoms with E-state index < -0.39 is 11.5 Å². The van der Waals surface area contributed by atoms with E-state index in [0.717, 1.165) is 30.6 Å². The summed E-state index contributed by atoms with van der Waals surface area (Å²) in [5, 5.41) is 11.8. The van der Waals surface area contributed by atoms with E-state index in [1.54, 1.807) is 18.2 Å². The Morgan fingerprint density at radius 1 is 1.50 bits per heavy atom. The van der Waals surface area contributed by atoms with Crippen LogP contribution in [0.15, 0.2) is 16.7 Å². The Labute approximate surface area is 117 Å². The summed E-state index contributed by atoms with van der Waals surface area (Å²) in [4.78, 5) is 24.6. The zero-order valence-corrected chi connectivity index (χ0v) is 11.8. The lowest BCUT2D eigenvalue weighted by molar-refractivity contribution is -0.139. The zero-order valence-electron chi connectivity index (χ0n) is 11.8. The quantitative estimate of drug-likeness (QED) is 0.865. The molecule has 0 bridgehead atoms. The molecule has 0 spiro atoms. The fraction of sp³-hybridized carbons (Fsp3) is 0.571. The maximum atomic E-state index is 12.2. The van der Waals surface area contributed by atoms with Crippen molar-refractivity contribution in [1.29, 1.82) is 0 Å². The van der Waals surface area contributed by atoms with Crippen LogP contribution in [0, 0.1) is 6.92 Å². The van der Waals surface area contributed by atoms with Crippen molar-refractivity contribution in [2.24, 2.45) is 0 Å². The summed E-state index contributed by atoms with van der Waals surface area (Å²) < 4.78 is 5.19. The summed E-state index contributed by atoms with van der Waals surface area (Å²) in [7, 11) is 1.69. The van der Waals surface area contributed by atoms with Crippen LogP contribution in [0.5, 0.6) is 0 Å². The molecule has 6 heteroatoms. The largest absolute Gasteiger partial charge is 0.481 e. The van der Waals surface area contributed by atoms with Crippen LogP contribution in [-0.2, 0) is 11.3 Å². The van der Waals surface area contributed by atoms with E-state index in [2.05, 4.69) is 5.32 Å².